The van der Waals surface area contributed by atoms with Crippen molar-refractivity contribution in [2.24, 2.45) is 0 Å². The predicted molar refractivity (Wildman–Crippen MR) is 74.3 cm³/mol. The molecule has 1 aliphatic rings. The van der Waals surface area contributed by atoms with E-state index in [1.807, 2.05) is 0 Å². The van der Waals surface area contributed by atoms with E-state index in [9.17, 15) is 0 Å². The number of nitrogen functional groups attached to an aromatic ring is 1. The standard InChI is InChI=1S/C13H12ClN3O3/c1-6-11(14)12(17-13(15)16-6)7-3-9-10(20-5-19-9)4-8(7)18-2/h3-4H,5H2,1-2H3,(H2,15,16,17). The highest BCUT2D eigenvalue weighted by Crippen LogP contribution is 2.43. The first-order valence-electron chi connectivity index (χ1n) is 5.87. The van der Waals surface area contributed by atoms with Crippen molar-refractivity contribution in [1.29, 1.82) is 0 Å². The van der Waals surface area contributed by atoms with Gasteiger partial charge in [-0.1, -0.05) is 11.6 Å². The Morgan fingerprint density at radius 1 is 1.25 bits per heavy atom. The molecule has 0 amide bonds. The summed E-state index contributed by atoms with van der Waals surface area (Å²) in [7, 11) is 1.56. The molecule has 1 aromatic heterocycles. The van der Waals surface area contributed by atoms with Crippen molar-refractivity contribution in [2.75, 3.05) is 19.6 Å². The van der Waals surface area contributed by atoms with Crippen LogP contribution in [-0.2, 0) is 0 Å². The summed E-state index contributed by atoms with van der Waals surface area (Å²) in [5.74, 6) is 1.97. The maximum Gasteiger partial charge on any atom is 0.231 e. The summed E-state index contributed by atoms with van der Waals surface area (Å²) in [5, 5.41) is 0.427. The predicted octanol–water partition coefficient (Wildman–Crippen LogP) is 2.42. The maximum atomic E-state index is 6.27. The van der Waals surface area contributed by atoms with Gasteiger partial charge in [0.15, 0.2) is 11.5 Å². The fourth-order valence-corrected chi connectivity index (χ4v) is 2.22. The van der Waals surface area contributed by atoms with Crippen LogP contribution < -0.4 is 19.9 Å². The van der Waals surface area contributed by atoms with E-state index in [1.54, 1.807) is 26.2 Å². The molecule has 0 unspecified atom stereocenters. The van der Waals surface area contributed by atoms with Crippen molar-refractivity contribution in [2.45, 2.75) is 6.92 Å². The van der Waals surface area contributed by atoms with Crippen LogP contribution in [0, 0.1) is 6.92 Å². The summed E-state index contributed by atoms with van der Waals surface area (Å²) >= 11 is 6.27. The van der Waals surface area contributed by atoms with Gasteiger partial charge in [0.25, 0.3) is 0 Å². The van der Waals surface area contributed by atoms with Gasteiger partial charge in [-0.2, -0.15) is 0 Å². The molecule has 0 saturated heterocycles. The molecule has 20 heavy (non-hydrogen) atoms. The molecule has 0 radical (unpaired) electrons. The van der Waals surface area contributed by atoms with E-state index in [4.69, 9.17) is 31.5 Å². The maximum absolute atomic E-state index is 6.27. The van der Waals surface area contributed by atoms with Crippen LogP contribution in [0.4, 0.5) is 5.95 Å². The third-order valence-electron chi connectivity index (χ3n) is 2.98. The average molecular weight is 294 g/mol. The Hall–Kier alpha value is -2.21. The van der Waals surface area contributed by atoms with Gasteiger partial charge in [0, 0.05) is 11.6 Å². The number of aryl methyl sites for hydroxylation is 1. The minimum atomic E-state index is 0.154. The third-order valence-corrected chi connectivity index (χ3v) is 3.44. The van der Waals surface area contributed by atoms with Crippen molar-refractivity contribution < 1.29 is 14.2 Å². The molecule has 1 aromatic carbocycles. The Bertz CT molecular complexity index is 691. The third kappa shape index (κ3) is 1.98. The van der Waals surface area contributed by atoms with Crippen LogP contribution >= 0.6 is 11.6 Å². The lowest BCUT2D eigenvalue weighted by Crippen LogP contribution is -2.01. The second-order valence-corrected chi connectivity index (χ2v) is 4.61. The number of fused-ring (bicyclic) bond motifs is 1. The van der Waals surface area contributed by atoms with Gasteiger partial charge in [-0.25, -0.2) is 9.97 Å². The highest BCUT2D eigenvalue weighted by Gasteiger charge is 2.21. The normalized spacial score (nSPS) is 12.6. The molecule has 1 aliphatic heterocycles. The van der Waals surface area contributed by atoms with Crippen molar-refractivity contribution in [1.82, 2.24) is 9.97 Å². The number of nitrogens with two attached hydrogens (primary N) is 1. The number of methoxy groups -OCH3 is 1. The summed E-state index contributed by atoms with van der Waals surface area (Å²) in [6.07, 6.45) is 0. The van der Waals surface area contributed by atoms with Gasteiger partial charge < -0.3 is 19.9 Å². The summed E-state index contributed by atoms with van der Waals surface area (Å²) < 4.78 is 16.0. The quantitative estimate of drug-likeness (QED) is 0.916. The van der Waals surface area contributed by atoms with Crippen molar-refractivity contribution in [3.05, 3.63) is 22.8 Å². The van der Waals surface area contributed by atoms with Gasteiger partial charge in [-0.05, 0) is 13.0 Å². The summed E-state index contributed by atoms with van der Waals surface area (Å²) in [4.78, 5) is 8.22. The second kappa shape index (κ2) is 4.72. The molecule has 0 bridgehead atoms. The van der Waals surface area contributed by atoms with Gasteiger partial charge in [0.2, 0.25) is 12.7 Å². The highest BCUT2D eigenvalue weighted by molar-refractivity contribution is 6.33. The van der Waals surface area contributed by atoms with E-state index >= 15 is 0 Å². The molecule has 0 saturated carbocycles. The van der Waals surface area contributed by atoms with Gasteiger partial charge in [0.1, 0.15) is 5.75 Å². The molecule has 0 spiro atoms. The minimum Gasteiger partial charge on any atom is -0.496 e. The molecule has 2 N–H and O–H groups in total. The lowest BCUT2D eigenvalue weighted by molar-refractivity contribution is 0.174. The first-order valence-corrected chi connectivity index (χ1v) is 6.25. The summed E-state index contributed by atoms with van der Waals surface area (Å²) in [5.41, 5.74) is 7.48. The molecule has 0 fully saturated rings. The smallest absolute Gasteiger partial charge is 0.231 e. The van der Waals surface area contributed by atoms with Gasteiger partial charge in [-0.15, -0.1) is 0 Å². The van der Waals surface area contributed by atoms with E-state index in [2.05, 4.69) is 9.97 Å². The van der Waals surface area contributed by atoms with Crippen molar-refractivity contribution >= 4 is 17.5 Å². The van der Waals surface area contributed by atoms with Gasteiger partial charge in [0.05, 0.1) is 23.5 Å². The minimum absolute atomic E-state index is 0.154. The summed E-state index contributed by atoms with van der Waals surface area (Å²) in [6, 6.07) is 3.51. The van der Waals surface area contributed by atoms with E-state index in [0.29, 0.717) is 39.2 Å². The monoisotopic (exact) mass is 293 g/mol. The van der Waals surface area contributed by atoms with Crippen LogP contribution in [0.1, 0.15) is 5.69 Å². The topological polar surface area (TPSA) is 79.5 Å². The van der Waals surface area contributed by atoms with E-state index < -0.39 is 0 Å². The Balaban J connectivity index is 2.24. The first kappa shape index (κ1) is 12.8. The molecule has 7 heteroatoms. The van der Waals surface area contributed by atoms with Crippen LogP contribution in [0.3, 0.4) is 0 Å². The zero-order valence-electron chi connectivity index (χ0n) is 10.9. The Morgan fingerprint density at radius 2 is 1.95 bits per heavy atom. The molecule has 104 valence electrons. The SMILES string of the molecule is COc1cc2c(cc1-c1nc(N)nc(C)c1Cl)OCO2. The van der Waals surface area contributed by atoms with Crippen molar-refractivity contribution in [3.63, 3.8) is 0 Å². The van der Waals surface area contributed by atoms with Crippen LogP contribution in [0.2, 0.25) is 5.02 Å². The van der Waals surface area contributed by atoms with E-state index in [-0.39, 0.29) is 12.7 Å². The van der Waals surface area contributed by atoms with Gasteiger partial charge >= 0.3 is 0 Å². The molecule has 6 nitrogen and oxygen atoms in total. The lowest BCUT2D eigenvalue weighted by atomic mass is 10.1. The number of hydrogen-bond acceptors (Lipinski definition) is 6. The Kier molecular flexibility index (Phi) is 3.02. The van der Waals surface area contributed by atoms with Crippen LogP contribution in [0.25, 0.3) is 11.3 Å². The number of anilines is 1. The zero-order chi connectivity index (χ0) is 14.3. The molecule has 2 heterocycles. The number of benzene rings is 1. The van der Waals surface area contributed by atoms with Crippen molar-refractivity contribution in [3.8, 4) is 28.5 Å². The zero-order valence-corrected chi connectivity index (χ0v) is 11.7. The summed E-state index contributed by atoms with van der Waals surface area (Å²) in [6.45, 7) is 1.95. The van der Waals surface area contributed by atoms with Crippen LogP contribution in [0.15, 0.2) is 12.1 Å². The number of halogens is 1. The first-order chi connectivity index (χ1) is 9.60. The molecular formula is C13H12ClN3O3. The van der Waals surface area contributed by atoms with Crippen LogP contribution in [-0.4, -0.2) is 23.9 Å². The van der Waals surface area contributed by atoms with E-state index in [0.717, 1.165) is 0 Å². The van der Waals surface area contributed by atoms with Gasteiger partial charge in [-0.3, -0.25) is 0 Å². The molecule has 3 rings (SSSR count). The van der Waals surface area contributed by atoms with Crippen LogP contribution in [0.5, 0.6) is 17.2 Å². The Labute approximate surface area is 120 Å². The van der Waals surface area contributed by atoms with E-state index in [1.165, 1.54) is 0 Å². The fraction of sp³-hybridized carbons (Fsp3) is 0.231. The molecular weight excluding hydrogens is 282 g/mol. The molecule has 0 aliphatic carbocycles. The second-order valence-electron chi connectivity index (χ2n) is 4.24. The largest absolute Gasteiger partial charge is 0.496 e. The Morgan fingerprint density at radius 3 is 2.65 bits per heavy atom. The number of rotatable bonds is 2. The number of hydrogen-bond donors (Lipinski definition) is 1. The molecule has 2 aromatic rings. The number of ether oxygens (including phenoxy) is 3. The highest BCUT2D eigenvalue weighted by atomic mass is 35.5. The lowest BCUT2D eigenvalue weighted by Gasteiger charge is -2.12. The number of nitrogens with zero attached hydrogens (tertiary/aromatic N) is 2. The fourth-order valence-electron chi connectivity index (χ4n) is 2.04. The molecule has 0 atom stereocenters. The average Bonchev–Trinajstić information content (AvgIpc) is 2.88. The number of aromatic nitrogens is 2.